The van der Waals surface area contributed by atoms with Crippen molar-refractivity contribution in [3.63, 3.8) is 0 Å². The standard InChI is InChI=1S/C16H21ClO3Se.C10H15ClO3.CH4.S4/c1-4-16(18)13-12(19-15(2,3)20-13)11(17)14(16)21-10-8-6-5-7-9-10;1-4-10(12)5-6(11)7-8(10)14-9(2,3)13-7;;1-3-4-2/h5-9,11-14,18H,4H2,1-3H3;5,7-8,12H,4H2,1-3H3;1H4;/t11-,12+,13+,14+,16-;7-,8-,10-;;/m10../s1. The van der Waals surface area contributed by atoms with Gasteiger partial charge >= 0.3 is 137 Å². The van der Waals surface area contributed by atoms with E-state index in [9.17, 15) is 10.2 Å². The quantitative estimate of drug-likeness (QED) is 0.346. The third-order valence-electron chi connectivity index (χ3n) is 7.13. The van der Waals surface area contributed by atoms with Crippen LogP contribution in [0.3, 0.4) is 0 Å². The first kappa shape index (κ1) is 36.9. The fourth-order valence-corrected chi connectivity index (χ4v) is 9.22. The van der Waals surface area contributed by atoms with E-state index in [1.165, 1.54) is 22.2 Å². The molecule has 0 radical (unpaired) electrons. The van der Waals surface area contributed by atoms with Crippen molar-refractivity contribution in [1.82, 2.24) is 0 Å². The summed E-state index contributed by atoms with van der Waals surface area (Å²) in [5.41, 5.74) is -1.89. The number of rotatable bonds is 4. The molecule has 1 saturated carbocycles. The first-order valence-electron chi connectivity index (χ1n) is 12.7. The van der Waals surface area contributed by atoms with Crippen molar-refractivity contribution in [1.29, 1.82) is 0 Å². The molecule has 2 aliphatic heterocycles. The summed E-state index contributed by atoms with van der Waals surface area (Å²) < 4.78 is 24.4. The second-order valence-electron chi connectivity index (χ2n) is 10.6. The SMILES string of the molecule is C.CC[C@@]1(O)[C@H]2OC(C)(C)O[C@H]2[C@@H](Cl)[C@@H]1[Se]c1ccccc1.CC[C@]1(O)C=C(Cl)[C@@H]2OC(C)(C)O[C@@H]21.S=S=S=S. The van der Waals surface area contributed by atoms with Crippen LogP contribution in [0.5, 0.6) is 0 Å². The average Bonchev–Trinajstić information content (AvgIpc) is 3.54. The van der Waals surface area contributed by atoms with Gasteiger partial charge in [0, 0.05) is 45.2 Å². The minimum atomic E-state index is -0.977. The molecule has 13 heteroatoms. The number of hydrogen-bond acceptors (Lipinski definition) is 8. The zero-order valence-corrected chi connectivity index (χ0v) is 29.2. The molecule has 8 atom stereocenters. The summed E-state index contributed by atoms with van der Waals surface area (Å²) in [6, 6.07) is 10.2. The minimum Gasteiger partial charge on any atom is -0.383 e. The third-order valence-corrected chi connectivity index (χ3v) is 13.7. The van der Waals surface area contributed by atoms with Crippen LogP contribution in [-0.4, -0.2) is 77.7 Å². The summed E-state index contributed by atoms with van der Waals surface area (Å²) in [7, 11) is 2.34. The van der Waals surface area contributed by atoms with Crippen LogP contribution in [0.2, 0.25) is 4.82 Å². The van der Waals surface area contributed by atoms with Crippen LogP contribution >= 0.6 is 23.2 Å². The van der Waals surface area contributed by atoms with Crippen LogP contribution in [0.4, 0.5) is 0 Å². The van der Waals surface area contributed by atoms with E-state index in [4.69, 9.17) is 42.1 Å². The Balaban J connectivity index is 0.000000256. The number of benzene rings is 1. The molecule has 2 saturated heterocycles. The Morgan fingerprint density at radius 3 is 1.98 bits per heavy atom. The molecule has 5 rings (SSSR count). The number of hydrogen-bond donors (Lipinski definition) is 2. The van der Waals surface area contributed by atoms with Crippen molar-refractivity contribution >= 4 is 82.8 Å². The van der Waals surface area contributed by atoms with Crippen LogP contribution in [0.1, 0.15) is 61.8 Å². The Bertz CT molecular complexity index is 1110. The van der Waals surface area contributed by atoms with E-state index < -0.39 is 22.8 Å². The van der Waals surface area contributed by atoms with Crippen molar-refractivity contribution in [2.75, 3.05) is 0 Å². The summed E-state index contributed by atoms with van der Waals surface area (Å²) in [4.78, 5) is -0.00910. The van der Waals surface area contributed by atoms with E-state index in [0.717, 1.165) is 0 Å². The molecular weight excluding hydrogens is 698 g/mol. The van der Waals surface area contributed by atoms with Gasteiger partial charge in [-0.05, 0) is 26.3 Å². The van der Waals surface area contributed by atoms with Gasteiger partial charge < -0.3 is 14.6 Å². The summed E-state index contributed by atoms with van der Waals surface area (Å²) in [6.07, 6.45) is 1.59. The topological polar surface area (TPSA) is 77.4 Å². The molecule has 2 N–H and O–H groups in total. The van der Waals surface area contributed by atoms with E-state index in [0.29, 0.717) is 17.9 Å². The summed E-state index contributed by atoms with van der Waals surface area (Å²) >= 11 is 21.4. The van der Waals surface area contributed by atoms with Crippen LogP contribution in [-0.2, 0) is 59.1 Å². The van der Waals surface area contributed by atoms with E-state index in [1.54, 1.807) is 6.08 Å². The third kappa shape index (κ3) is 8.04. The largest absolute Gasteiger partial charge is 0.383 e. The van der Waals surface area contributed by atoms with Gasteiger partial charge in [-0.15, -0.1) is 0 Å². The Hall–Kier alpha value is 0.699. The van der Waals surface area contributed by atoms with E-state index >= 15 is 0 Å². The van der Waals surface area contributed by atoms with Crippen molar-refractivity contribution in [2.24, 2.45) is 0 Å². The number of alkyl halides is 1. The smallest absolute Gasteiger partial charge is 0.164 e. The first-order chi connectivity index (χ1) is 18.2. The van der Waals surface area contributed by atoms with Crippen LogP contribution in [0.25, 0.3) is 0 Å². The number of fused-ring (bicyclic) bond motifs is 2. The Morgan fingerprint density at radius 1 is 0.900 bits per heavy atom. The molecule has 1 aromatic carbocycles. The molecule has 4 aliphatic rings. The molecule has 0 spiro atoms. The molecule has 228 valence electrons. The fourth-order valence-electron chi connectivity index (χ4n) is 5.27. The van der Waals surface area contributed by atoms with Crippen LogP contribution in [0, 0.1) is 0 Å². The summed E-state index contributed by atoms with van der Waals surface area (Å²) in [6.45, 7) is 11.3. The van der Waals surface area contributed by atoms with Gasteiger partial charge in [0.2, 0.25) is 0 Å². The van der Waals surface area contributed by atoms with Gasteiger partial charge in [0.05, 0.1) is 0 Å². The molecule has 0 aromatic heterocycles. The molecule has 6 nitrogen and oxygen atoms in total. The van der Waals surface area contributed by atoms with Gasteiger partial charge in [-0.25, -0.2) is 0 Å². The van der Waals surface area contributed by atoms with Gasteiger partial charge in [-0.2, -0.15) is 0 Å². The van der Waals surface area contributed by atoms with Gasteiger partial charge in [-0.3, -0.25) is 0 Å². The van der Waals surface area contributed by atoms with Crippen molar-refractivity contribution in [2.45, 2.75) is 119 Å². The van der Waals surface area contributed by atoms with Crippen molar-refractivity contribution < 1.29 is 29.2 Å². The number of aliphatic hydroxyl groups is 2. The molecule has 3 fully saturated rings. The van der Waals surface area contributed by atoms with Crippen LogP contribution in [0.15, 0.2) is 41.4 Å². The predicted molar refractivity (Wildman–Crippen MR) is 173 cm³/mol. The number of halogens is 2. The molecule has 2 heterocycles. The zero-order valence-electron chi connectivity index (χ0n) is 22.7. The number of ether oxygens (including phenoxy) is 4. The summed E-state index contributed by atoms with van der Waals surface area (Å²) in [5.74, 6) is -1.33. The zero-order chi connectivity index (χ0) is 29.2. The molecule has 2 aliphatic carbocycles. The Labute approximate surface area is 270 Å². The van der Waals surface area contributed by atoms with Gasteiger partial charge in [0.1, 0.15) is 17.8 Å². The summed E-state index contributed by atoms with van der Waals surface area (Å²) in [5, 5.41) is 21.8. The van der Waals surface area contributed by atoms with Gasteiger partial charge in [0.15, 0.2) is 5.79 Å². The predicted octanol–water partition coefficient (Wildman–Crippen LogP) is 4.50. The minimum absolute atomic E-state index is 0. The van der Waals surface area contributed by atoms with Crippen molar-refractivity contribution in [3.8, 4) is 0 Å². The van der Waals surface area contributed by atoms with Crippen LogP contribution < -0.4 is 4.46 Å². The maximum Gasteiger partial charge on any atom is 0.164 e. The van der Waals surface area contributed by atoms with E-state index in [1.807, 2.05) is 59.7 Å². The van der Waals surface area contributed by atoms with Gasteiger partial charge in [0.25, 0.3) is 0 Å². The second-order valence-corrected chi connectivity index (χ2v) is 17.7. The van der Waals surface area contributed by atoms with Crippen molar-refractivity contribution in [3.05, 3.63) is 41.4 Å². The molecular formula is C27H40Cl2O6S4Se. The Kier molecular flexibility index (Phi) is 13.5. The molecule has 40 heavy (non-hydrogen) atoms. The van der Waals surface area contributed by atoms with E-state index in [2.05, 4.69) is 34.5 Å². The maximum absolute atomic E-state index is 11.2. The second kappa shape index (κ2) is 14.7. The molecule has 0 unspecified atom stereocenters. The molecule has 0 bridgehead atoms. The molecule has 0 amide bonds. The van der Waals surface area contributed by atoms with Gasteiger partial charge in [-0.1, -0.05) is 26.0 Å². The first-order valence-corrected chi connectivity index (χ1v) is 19.3. The maximum atomic E-state index is 11.2. The average molecular weight is 739 g/mol. The Morgan fingerprint density at radius 2 is 1.45 bits per heavy atom. The fraction of sp³-hybridized carbons (Fsp3) is 0.704. The monoisotopic (exact) mass is 738 g/mol. The normalized spacial score (nSPS) is 37.9. The molecule has 1 aromatic rings. The van der Waals surface area contributed by atoms with E-state index in [-0.39, 0.29) is 57.0 Å².